The quantitative estimate of drug-likeness (QED) is 0.527. The molecule has 1 aliphatic heterocycles. The van der Waals surface area contributed by atoms with Gasteiger partial charge in [-0.3, -0.25) is 14.3 Å². The summed E-state index contributed by atoms with van der Waals surface area (Å²) in [5, 5.41) is 2.33. The summed E-state index contributed by atoms with van der Waals surface area (Å²) < 4.78 is 3.45. The van der Waals surface area contributed by atoms with E-state index in [9.17, 15) is 9.59 Å². The highest BCUT2D eigenvalue weighted by atomic mass is 16.2. The van der Waals surface area contributed by atoms with Gasteiger partial charge in [0.15, 0.2) is 17.0 Å². The van der Waals surface area contributed by atoms with Gasteiger partial charge in [0.25, 0.3) is 5.56 Å². The predicted octanol–water partition coefficient (Wildman–Crippen LogP) is 1.44. The summed E-state index contributed by atoms with van der Waals surface area (Å²) >= 11 is 0. The first-order chi connectivity index (χ1) is 15.0. The molecule has 2 atom stereocenters. The Morgan fingerprint density at radius 2 is 1.97 bits per heavy atom. The lowest BCUT2D eigenvalue weighted by Gasteiger charge is -2.27. The maximum atomic E-state index is 12.8. The zero-order chi connectivity index (χ0) is 21.5. The molecule has 1 aliphatic rings. The predicted molar refractivity (Wildman–Crippen MR) is 121 cm³/mol. The lowest BCUT2D eigenvalue weighted by molar-refractivity contribution is -0.922. The number of hydrogen-bond acceptors (Lipinski definition) is 3. The molecule has 2 aromatic heterocycles. The second-order valence-electron chi connectivity index (χ2n) is 8.87. The van der Waals surface area contributed by atoms with Crippen molar-refractivity contribution in [2.24, 2.45) is 13.0 Å². The normalized spacial score (nSPS) is 19.3. The minimum atomic E-state index is -0.433. The van der Waals surface area contributed by atoms with Crippen LogP contribution in [0, 0.1) is 5.92 Å². The second kappa shape index (κ2) is 7.81. The van der Waals surface area contributed by atoms with Crippen molar-refractivity contribution in [1.82, 2.24) is 19.1 Å². The molecule has 0 amide bonds. The number of piperidine rings is 1. The van der Waals surface area contributed by atoms with Gasteiger partial charge in [-0.05, 0) is 29.2 Å². The third-order valence-electron chi connectivity index (χ3n) is 6.57. The molecule has 4 aromatic rings. The van der Waals surface area contributed by atoms with Gasteiger partial charge in [-0.1, -0.05) is 49.4 Å². The van der Waals surface area contributed by atoms with Crippen molar-refractivity contribution in [2.75, 3.05) is 13.1 Å². The number of H-pyrrole nitrogens is 1. The average Bonchev–Trinajstić information content (AvgIpc) is 3.11. The van der Waals surface area contributed by atoms with Crippen LogP contribution in [0.15, 0.2) is 52.1 Å². The average molecular weight is 419 g/mol. The van der Waals surface area contributed by atoms with Gasteiger partial charge in [-0.25, -0.2) is 9.78 Å². The summed E-state index contributed by atoms with van der Waals surface area (Å²) in [6.07, 6.45) is 2.48. The Morgan fingerprint density at radius 1 is 1.16 bits per heavy atom. The Labute approximate surface area is 180 Å². The van der Waals surface area contributed by atoms with Crippen LogP contribution in [0.2, 0.25) is 0 Å². The summed E-state index contributed by atoms with van der Waals surface area (Å²) in [6, 6.07) is 14.5. The molecule has 0 radical (unpaired) electrons. The zero-order valence-electron chi connectivity index (χ0n) is 18.0. The van der Waals surface area contributed by atoms with E-state index >= 15 is 0 Å². The number of hydrogen-bond donors (Lipinski definition) is 2. The van der Waals surface area contributed by atoms with Crippen LogP contribution >= 0.6 is 0 Å². The van der Waals surface area contributed by atoms with Crippen LogP contribution in [0.4, 0.5) is 0 Å². The van der Waals surface area contributed by atoms with E-state index in [0.29, 0.717) is 23.6 Å². The van der Waals surface area contributed by atoms with E-state index in [0.717, 1.165) is 36.4 Å². The monoisotopic (exact) mass is 418 g/mol. The number of quaternary nitrogens is 1. The van der Waals surface area contributed by atoms with E-state index in [4.69, 9.17) is 4.98 Å². The molecule has 7 nitrogen and oxygen atoms in total. The lowest BCUT2D eigenvalue weighted by atomic mass is 10.0. The number of nitrogens with one attached hydrogen (secondary N) is 2. The summed E-state index contributed by atoms with van der Waals surface area (Å²) in [5.41, 5.74) is 1.24. The number of benzene rings is 2. The summed E-state index contributed by atoms with van der Waals surface area (Å²) in [5.74, 6) is 1.55. The van der Waals surface area contributed by atoms with E-state index in [1.54, 1.807) is 7.05 Å². The molecular formula is C24H28N5O2+. The van der Waals surface area contributed by atoms with Gasteiger partial charge in [0, 0.05) is 13.0 Å². The van der Waals surface area contributed by atoms with Crippen LogP contribution in [0.25, 0.3) is 21.9 Å². The maximum absolute atomic E-state index is 12.8. The highest BCUT2D eigenvalue weighted by molar-refractivity contribution is 5.85. The summed E-state index contributed by atoms with van der Waals surface area (Å²) in [4.78, 5) is 33.8. The largest absolute Gasteiger partial charge is 0.329 e. The van der Waals surface area contributed by atoms with Gasteiger partial charge >= 0.3 is 5.69 Å². The lowest BCUT2D eigenvalue weighted by Crippen LogP contribution is -3.12. The van der Waals surface area contributed by atoms with E-state index in [2.05, 4.69) is 36.2 Å². The van der Waals surface area contributed by atoms with Gasteiger partial charge in [0.1, 0.15) is 6.54 Å². The number of fused-ring (bicyclic) bond motifs is 2. The Bertz CT molecular complexity index is 1380. The molecule has 31 heavy (non-hydrogen) atoms. The van der Waals surface area contributed by atoms with Crippen molar-refractivity contribution in [3.8, 4) is 0 Å². The highest BCUT2D eigenvalue weighted by Crippen LogP contribution is 2.21. The fraction of sp³-hybridized carbons (Fsp3) is 0.375. The third kappa shape index (κ3) is 3.59. The van der Waals surface area contributed by atoms with Crippen molar-refractivity contribution in [1.29, 1.82) is 0 Å². The minimum Gasteiger partial charge on any atom is -0.328 e. The van der Waals surface area contributed by atoms with E-state index in [1.807, 2.05) is 22.8 Å². The molecule has 0 aliphatic carbocycles. The summed E-state index contributed by atoms with van der Waals surface area (Å²) in [7, 11) is 1.66. The van der Waals surface area contributed by atoms with Gasteiger partial charge in [-0.15, -0.1) is 0 Å². The third-order valence-corrected chi connectivity index (χ3v) is 6.57. The molecule has 3 heterocycles. The number of imidazole rings is 1. The number of aromatic nitrogens is 4. The van der Waals surface area contributed by atoms with E-state index in [1.165, 1.54) is 27.7 Å². The first-order valence-electron chi connectivity index (χ1n) is 11.0. The number of aryl methyl sites for hydroxylation is 1. The van der Waals surface area contributed by atoms with Gasteiger partial charge in [0.2, 0.25) is 0 Å². The number of likely N-dealkylation sites (tertiary alicyclic amines) is 1. The van der Waals surface area contributed by atoms with Crippen molar-refractivity contribution in [2.45, 2.75) is 32.9 Å². The fourth-order valence-corrected chi connectivity index (χ4v) is 4.97. The van der Waals surface area contributed by atoms with Crippen LogP contribution in [0.1, 0.15) is 31.2 Å². The Balaban J connectivity index is 1.66. The van der Waals surface area contributed by atoms with Crippen LogP contribution in [-0.4, -0.2) is 32.2 Å². The van der Waals surface area contributed by atoms with Crippen LogP contribution < -0.4 is 16.1 Å². The van der Waals surface area contributed by atoms with Crippen molar-refractivity contribution in [3.63, 3.8) is 0 Å². The molecule has 160 valence electrons. The van der Waals surface area contributed by atoms with Crippen molar-refractivity contribution in [3.05, 3.63) is 74.7 Å². The minimum absolute atomic E-state index is 0.376. The molecule has 0 bridgehead atoms. The highest BCUT2D eigenvalue weighted by Gasteiger charge is 2.25. The van der Waals surface area contributed by atoms with Gasteiger partial charge in [0.05, 0.1) is 19.6 Å². The maximum Gasteiger partial charge on any atom is 0.329 e. The first kappa shape index (κ1) is 19.8. The molecule has 1 saturated heterocycles. The zero-order valence-corrected chi connectivity index (χ0v) is 18.0. The fourth-order valence-electron chi connectivity index (χ4n) is 4.97. The van der Waals surface area contributed by atoms with Crippen LogP contribution in [0.5, 0.6) is 0 Å². The number of aromatic amines is 1. The Kier molecular flexibility index (Phi) is 4.98. The molecule has 5 rings (SSSR count). The molecule has 1 fully saturated rings. The molecule has 7 heteroatoms. The number of rotatable bonds is 4. The van der Waals surface area contributed by atoms with E-state index < -0.39 is 5.69 Å². The second-order valence-corrected chi connectivity index (χ2v) is 8.87. The van der Waals surface area contributed by atoms with Crippen molar-refractivity contribution >= 4 is 21.9 Å². The van der Waals surface area contributed by atoms with Crippen LogP contribution in [0.3, 0.4) is 0 Å². The van der Waals surface area contributed by atoms with Crippen molar-refractivity contribution < 1.29 is 4.90 Å². The molecule has 0 spiro atoms. The number of nitrogens with zero attached hydrogens (tertiary/aromatic N) is 3. The molecule has 0 saturated carbocycles. The van der Waals surface area contributed by atoms with Gasteiger partial charge < -0.3 is 9.47 Å². The molecule has 2 aromatic carbocycles. The topological polar surface area (TPSA) is 77.1 Å². The summed E-state index contributed by atoms with van der Waals surface area (Å²) in [6.45, 7) is 5.80. The molecule has 2 N–H and O–H groups in total. The van der Waals surface area contributed by atoms with E-state index in [-0.39, 0.29) is 5.56 Å². The standard InChI is InChI=1S/C24H27N5O2/c1-16-7-6-12-28(13-16)15-20-25-22-21(23(30)26-24(31)27(22)2)29(20)14-18-10-5-9-17-8-3-4-11-19(17)18/h3-5,8-11,16H,6-7,12-15H2,1-2H3,(H,26,30,31)/p+1/t16-/m0/s1. The Morgan fingerprint density at radius 3 is 2.81 bits per heavy atom. The smallest absolute Gasteiger partial charge is 0.328 e. The van der Waals surface area contributed by atoms with Crippen LogP contribution in [-0.2, 0) is 20.1 Å². The Hall–Kier alpha value is -3.19. The van der Waals surface area contributed by atoms with Gasteiger partial charge in [-0.2, -0.15) is 0 Å². The molecule has 1 unspecified atom stereocenters. The molecular weight excluding hydrogens is 390 g/mol. The SMILES string of the molecule is C[C@H]1CCC[NH+](Cc2nc3c(c(=O)[nH]c(=O)n3C)n2Cc2cccc3ccccc23)C1. The first-order valence-corrected chi connectivity index (χ1v) is 11.0.